The highest BCUT2D eigenvalue weighted by atomic mass is 16.3. The van der Waals surface area contributed by atoms with Crippen molar-refractivity contribution < 1.29 is 8.83 Å². The van der Waals surface area contributed by atoms with Crippen LogP contribution < -0.4 is 0 Å². The highest BCUT2D eigenvalue weighted by Gasteiger charge is 2.26. The molecule has 62 heavy (non-hydrogen) atoms. The second-order valence-electron chi connectivity index (χ2n) is 16.7. The lowest BCUT2D eigenvalue weighted by molar-refractivity contribution is 0.668. The van der Waals surface area contributed by atoms with E-state index in [2.05, 4.69) is 188 Å². The molecule has 0 saturated carbocycles. The molecule has 0 spiro atoms. The quantitative estimate of drug-likeness (QED) is 0.163. The lowest BCUT2D eigenvalue weighted by atomic mass is 9.76. The molecule has 1 aliphatic carbocycles. The first-order valence-electron chi connectivity index (χ1n) is 21.3. The zero-order valence-corrected chi connectivity index (χ0v) is 33.4. The third-order valence-electron chi connectivity index (χ3n) is 13.4. The van der Waals surface area contributed by atoms with E-state index in [1.54, 1.807) is 0 Å². The van der Waals surface area contributed by atoms with Crippen molar-refractivity contribution in [2.24, 2.45) is 0 Å². The Kier molecular flexibility index (Phi) is 6.86. The number of furan rings is 2. The first-order valence-corrected chi connectivity index (χ1v) is 21.3. The molecule has 0 fully saturated rings. The molecule has 0 radical (unpaired) electrons. The van der Waals surface area contributed by atoms with E-state index in [1.807, 2.05) is 18.2 Å². The molecule has 14 rings (SSSR count). The van der Waals surface area contributed by atoms with Gasteiger partial charge < -0.3 is 8.83 Å². The Morgan fingerprint density at radius 1 is 0.194 bits per heavy atom. The summed E-state index contributed by atoms with van der Waals surface area (Å²) >= 11 is 0. The van der Waals surface area contributed by atoms with E-state index < -0.39 is 0 Å². The number of hydrogen-bond donors (Lipinski definition) is 0. The smallest absolute Gasteiger partial charge is 0.135 e. The molecule has 0 saturated heterocycles. The molecule has 0 aliphatic heterocycles. The maximum atomic E-state index is 6.32. The van der Waals surface area contributed by atoms with Crippen LogP contribution in [0.25, 0.3) is 143 Å². The summed E-state index contributed by atoms with van der Waals surface area (Å²) in [6.45, 7) is 0. The van der Waals surface area contributed by atoms with Crippen LogP contribution in [0.15, 0.2) is 215 Å². The van der Waals surface area contributed by atoms with Gasteiger partial charge in [-0.05, 0) is 154 Å². The molecule has 0 amide bonds. The lowest BCUT2D eigenvalue weighted by Crippen LogP contribution is -2.00. The third-order valence-corrected chi connectivity index (χ3v) is 13.4. The maximum Gasteiger partial charge on any atom is 0.135 e. The van der Waals surface area contributed by atoms with E-state index in [9.17, 15) is 0 Å². The molecule has 2 heterocycles. The first-order chi connectivity index (χ1) is 30.7. The minimum absolute atomic E-state index is 0.895. The van der Waals surface area contributed by atoms with Gasteiger partial charge in [-0.25, -0.2) is 0 Å². The average Bonchev–Trinajstić information content (AvgIpc) is 3.91. The minimum atomic E-state index is 0.895. The third kappa shape index (κ3) is 4.75. The van der Waals surface area contributed by atoms with E-state index in [0.717, 1.165) is 60.6 Å². The molecule has 1 aliphatic rings. The van der Waals surface area contributed by atoms with Crippen LogP contribution >= 0.6 is 0 Å². The number of fused-ring (bicyclic) bond motifs is 20. The van der Waals surface area contributed by atoms with Gasteiger partial charge in [0, 0.05) is 21.5 Å². The van der Waals surface area contributed by atoms with Gasteiger partial charge in [-0.1, -0.05) is 152 Å². The molecule has 2 heteroatoms. The van der Waals surface area contributed by atoms with Crippen molar-refractivity contribution in [2.45, 2.75) is 0 Å². The zero-order chi connectivity index (χ0) is 40.5. The lowest BCUT2D eigenvalue weighted by Gasteiger charge is -2.26. The van der Waals surface area contributed by atoms with Gasteiger partial charge in [0.1, 0.15) is 22.3 Å². The SMILES string of the molecule is c1ccc2c(c1)-c1cc3c4ccccc4c4ccccc4c3cc1-c1cc(-c3ccc4oc5ccccc5c4c3)ccc1-c1c(-c3ccc4oc5ccccc5c4c3)cccc1-2. The summed E-state index contributed by atoms with van der Waals surface area (Å²) in [5.74, 6) is 0. The van der Waals surface area contributed by atoms with Crippen molar-refractivity contribution >= 4 is 76.2 Å². The van der Waals surface area contributed by atoms with E-state index in [-0.39, 0.29) is 0 Å². The molecule has 11 aromatic carbocycles. The van der Waals surface area contributed by atoms with Crippen LogP contribution in [0.2, 0.25) is 0 Å². The van der Waals surface area contributed by atoms with E-state index >= 15 is 0 Å². The summed E-state index contributed by atoms with van der Waals surface area (Å²) in [6, 6.07) is 75.7. The second-order valence-corrected chi connectivity index (χ2v) is 16.7. The largest absolute Gasteiger partial charge is 0.456 e. The van der Waals surface area contributed by atoms with Crippen LogP contribution in [0.1, 0.15) is 0 Å². The zero-order valence-electron chi connectivity index (χ0n) is 33.4. The molecule has 13 aromatic rings. The Labute approximate surface area is 356 Å². The summed E-state index contributed by atoms with van der Waals surface area (Å²) in [5.41, 5.74) is 18.0. The highest BCUT2D eigenvalue weighted by molar-refractivity contribution is 6.27. The van der Waals surface area contributed by atoms with E-state index in [4.69, 9.17) is 8.83 Å². The molecule has 0 bridgehead atoms. The molecule has 2 nitrogen and oxygen atoms in total. The van der Waals surface area contributed by atoms with Crippen molar-refractivity contribution in [3.8, 4) is 66.8 Å². The Hall–Kier alpha value is -8.20. The van der Waals surface area contributed by atoms with Crippen molar-refractivity contribution in [1.82, 2.24) is 0 Å². The van der Waals surface area contributed by atoms with Crippen LogP contribution in [0.3, 0.4) is 0 Å². The van der Waals surface area contributed by atoms with Crippen molar-refractivity contribution in [3.05, 3.63) is 206 Å². The Morgan fingerprint density at radius 2 is 0.597 bits per heavy atom. The van der Waals surface area contributed by atoms with Crippen LogP contribution in [-0.2, 0) is 0 Å². The van der Waals surface area contributed by atoms with Gasteiger partial charge in [0.2, 0.25) is 0 Å². The second kappa shape index (κ2) is 12.7. The Morgan fingerprint density at radius 3 is 1.23 bits per heavy atom. The summed E-state index contributed by atoms with van der Waals surface area (Å²) in [7, 11) is 0. The summed E-state index contributed by atoms with van der Waals surface area (Å²) < 4.78 is 12.6. The first kappa shape index (κ1) is 33.6. The van der Waals surface area contributed by atoms with Gasteiger partial charge >= 0.3 is 0 Å². The fourth-order valence-electron chi connectivity index (χ4n) is 10.6. The number of hydrogen-bond acceptors (Lipinski definition) is 2. The van der Waals surface area contributed by atoms with Gasteiger partial charge in [-0.15, -0.1) is 0 Å². The standard InChI is InChI=1S/C60H34O2/c1-4-15-42-39(12-1)40-13-2-5-16-43(40)51-34-53-49-30-35(36-25-28-58-54(31-36)45-18-7-9-22-56(45)61-58)24-27-48(49)60-38(37-26-29-59-55(32-37)46-19-8-10-23-57(46)62-59)20-11-21-47(60)41-14-3-6-17-44(41)52(53)33-50(42)51/h1-34H. The summed E-state index contributed by atoms with van der Waals surface area (Å²) in [6.07, 6.45) is 0. The normalized spacial score (nSPS) is 12.2. The Bertz CT molecular complexity index is 4050. The number of para-hydroxylation sites is 2. The minimum Gasteiger partial charge on any atom is -0.456 e. The fraction of sp³-hybridized carbons (Fsp3) is 0. The molecule has 0 N–H and O–H groups in total. The monoisotopic (exact) mass is 786 g/mol. The van der Waals surface area contributed by atoms with Gasteiger partial charge in [-0.3, -0.25) is 0 Å². The average molecular weight is 787 g/mol. The van der Waals surface area contributed by atoms with Crippen molar-refractivity contribution in [2.75, 3.05) is 0 Å². The van der Waals surface area contributed by atoms with Gasteiger partial charge in [-0.2, -0.15) is 0 Å². The van der Waals surface area contributed by atoms with Gasteiger partial charge in [0.05, 0.1) is 0 Å². The van der Waals surface area contributed by atoms with E-state index in [1.165, 1.54) is 82.4 Å². The molecule has 286 valence electrons. The van der Waals surface area contributed by atoms with Crippen LogP contribution in [0.4, 0.5) is 0 Å². The molecule has 2 aromatic heterocycles. The van der Waals surface area contributed by atoms with Crippen molar-refractivity contribution in [1.29, 1.82) is 0 Å². The molecule has 0 atom stereocenters. The van der Waals surface area contributed by atoms with Crippen LogP contribution in [0, 0.1) is 0 Å². The van der Waals surface area contributed by atoms with Crippen LogP contribution in [0.5, 0.6) is 0 Å². The topological polar surface area (TPSA) is 26.3 Å². The highest BCUT2D eigenvalue weighted by Crippen LogP contribution is 2.53. The molecule has 0 unspecified atom stereocenters. The predicted molar refractivity (Wildman–Crippen MR) is 260 cm³/mol. The predicted octanol–water partition coefficient (Wildman–Crippen LogP) is 17.3. The summed E-state index contributed by atoms with van der Waals surface area (Å²) in [5, 5.41) is 12.1. The fourth-order valence-corrected chi connectivity index (χ4v) is 10.6. The van der Waals surface area contributed by atoms with Crippen molar-refractivity contribution in [3.63, 3.8) is 0 Å². The molecular formula is C60H34O2. The van der Waals surface area contributed by atoms with Gasteiger partial charge in [0.15, 0.2) is 0 Å². The van der Waals surface area contributed by atoms with E-state index in [0.29, 0.717) is 0 Å². The van der Waals surface area contributed by atoms with Crippen LogP contribution in [-0.4, -0.2) is 0 Å². The summed E-state index contributed by atoms with van der Waals surface area (Å²) in [4.78, 5) is 0. The van der Waals surface area contributed by atoms with Gasteiger partial charge in [0.25, 0.3) is 0 Å². The number of benzene rings is 11. The Balaban J connectivity index is 1.11. The number of rotatable bonds is 2. The molecular weight excluding hydrogens is 753 g/mol. The maximum absolute atomic E-state index is 6.32.